The molecule has 12 heavy (non-hydrogen) atoms. The minimum atomic E-state index is 0.0884. The second-order valence-electron chi connectivity index (χ2n) is 3.78. The molecule has 0 unspecified atom stereocenters. The Kier molecular flexibility index (Phi) is 1.53. The van der Waals surface area contributed by atoms with Crippen LogP contribution in [0.3, 0.4) is 0 Å². The van der Waals surface area contributed by atoms with E-state index < -0.39 is 0 Å². The molecule has 0 aromatic heterocycles. The maximum Gasteiger partial charge on any atom is 0.178 e. The summed E-state index contributed by atoms with van der Waals surface area (Å²) in [4.78, 5) is 11.0. The lowest BCUT2D eigenvalue weighted by Gasteiger charge is -2.04. The molecule has 2 rings (SSSR count). The molecule has 62 valence electrons. The van der Waals surface area contributed by atoms with Gasteiger partial charge >= 0.3 is 0 Å². The minimum Gasteiger partial charge on any atom is -0.290 e. The number of hydrogen-bond donors (Lipinski definition) is 0. The Bertz CT molecular complexity index is 350. The van der Waals surface area contributed by atoms with E-state index in [2.05, 4.69) is 13.0 Å². The molecular formula is C11H12O. The van der Waals surface area contributed by atoms with E-state index in [-0.39, 0.29) is 5.43 Å². The van der Waals surface area contributed by atoms with Crippen molar-refractivity contribution in [3.05, 3.63) is 46.1 Å². The maximum atomic E-state index is 11.0. The van der Waals surface area contributed by atoms with Gasteiger partial charge in [0, 0.05) is 0 Å². The van der Waals surface area contributed by atoms with E-state index in [1.54, 1.807) is 12.1 Å². The zero-order valence-electron chi connectivity index (χ0n) is 7.21. The molecule has 1 nitrogen and oxygen atoms in total. The van der Waals surface area contributed by atoms with Crippen molar-refractivity contribution in [1.29, 1.82) is 0 Å². The Morgan fingerprint density at radius 1 is 1.17 bits per heavy atom. The first-order chi connectivity index (χ1) is 5.71. The van der Waals surface area contributed by atoms with E-state index in [4.69, 9.17) is 0 Å². The van der Waals surface area contributed by atoms with Crippen LogP contribution in [0.5, 0.6) is 0 Å². The fourth-order valence-corrected chi connectivity index (χ4v) is 1.41. The molecule has 0 heterocycles. The molecule has 1 heteroatoms. The SMILES string of the molecule is CC1(c2cccc(=O)cc2)CC1. The number of hydrogen-bond acceptors (Lipinski definition) is 1. The summed E-state index contributed by atoms with van der Waals surface area (Å²) < 4.78 is 0. The van der Waals surface area contributed by atoms with Crippen LogP contribution in [0, 0.1) is 0 Å². The van der Waals surface area contributed by atoms with Gasteiger partial charge in [0.25, 0.3) is 0 Å². The van der Waals surface area contributed by atoms with Gasteiger partial charge in [0.2, 0.25) is 0 Å². The number of rotatable bonds is 1. The van der Waals surface area contributed by atoms with E-state index in [1.165, 1.54) is 18.4 Å². The summed E-state index contributed by atoms with van der Waals surface area (Å²) in [7, 11) is 0. The van der Waals surface area contributed by atoms with Gasteiger partial charge in [0.05, 0.1) is 0 Å². The normalized spacial score (nSPS) is 18.8. The Labute approximate surface area is 72.1 Å². The van der Waals surface area contributed by atoms with Crippen molar-refractivity contribution < 1.29 is 0 Å². The van der Waals surface area contributed by atoms with Crippen LogP contribution in [0.2, 0.25) is 0 Å². The van der Waals surface area contributed by atoms with Crippen LogP contribution < -0.4 is 5.43 Å². The molecule has 0 atom stereocenters. The largest absolute Gasteiger partial charge is 0.290 e. The fourth-order valence-electron chi connectivity index (χ4n) is 1.41. The summed E-state index contributed by atoms with van der Waals surface area (Å²) in [6.45, 7) is 2.24. The molecule has 0 saturated heterocycles. The third kappa shape index (κ3) is 1.27. The summed E-state index contributed by atoms with van der Waals surface area (Å²) in [5, 5.41) is 0. The molecule has 0 N–H and O–H groups in total. The zero-order chi connectivity index (χ0) is 8.60. The Balaban J connectivity index is 2.48. The van der Waals surface area contributed by atoms with Crippen molar-refractivity contribution in [2.75, 3.05) is 0 Å². The van der Waals surface area contributed by atoms with Crippen LogP contribution in [-0.2, 0) is 5.41 Å². The molecule has 1 saturated carbocycles. The van der Waals surface area contributed by atoms with Gasteiger partial charge in [0.15, 0.2) is 5.43 Å². The van der Waals surface area contributed by atoms with Crippen molar-refractivity contribution in [2.24, 2.45) is 0 Å². The predicted molar refractivity (Wildman–Crippen MR) is 49.3 cm³/mol. The van der Waals surface area contributed by atoms with Crippen molar-refractivity contribution in [3.63, 3.8) is 0 Å². The highest BCUT2D eigenvalue weighted by atomic mass is 16.1. The van der Waals surface area contributed by atoms with Gasteiger partial charge in [-0.3, -0.25) is 4.79 Å². The first kappa shape index (κ1) is 7.53. The smallest absolute Gasteiger partial charge is 0.178 e. The van der Waals surface area contributed by atoms with Crippen molar-refractivity contribution in [3.8, 4) is 0 Å². The molecule has 0 bridgehead atoms. The Morgan fingerprint density at radius 2 is 1.92 bits per heavy atom. The van der Waals surface area contributed by atoms with Crippen LogP contribution >= 0.6 is 0 Å². The van der Waals surface area contributed by atoms with E-state index in [0.717, 1.165) is 0 Å². The lowest BCUT2D eigenvalue weighted by molar-refractivity contribution is 0.789. The maximum absolute atomic E-state index is 11.0. The Morgan fingerprint density at radius 3 is 2.58 bits per heavy atom. The van der Waals surface area contributed by atoms with Crippen LogP contribution in [-0.4, -0.2) is 0 Å². The Hall–Kier alpha value is -1.11. The summed E-state index contributed by atoms with van der Waals surface area (Å²) in [5.41, 5.74) is 1.75. The average molecular weight is 160 g/mol. The molecule has 1 aliphatic carbocycles. The van der Waals surface area contributed by atoms with Gasteiger partial charge in [-0.15, -0.1) is 0 Å². The third-order valence-corrected chi connectivity index (χ3v) is 2.66. The molecule has 0 radical (unpaired) electrons. The van der Waals surface area contributed by atoms with Crippen LogP contribution in [0.15, 0.2) is 35.1 Å². The van der Waals surface area contributed by atoms with E-state index in [9.17, 15) is 4.79 Å². The van der Waals surface area contributed by atoms with Gasteiger partial charge in [-0.2, -0.15) is 0 Å². The second kappa shape index (κ2) is 2.44. The highest BCUT2D eigenvalue weighted by Crippen LogP contribution is 2.46. The molecule has 1 aliphatic rings. The van der Waals surface area contributed by atoms with Gasteiger partial charge in [0.1, 0.15) is 0 Å². The molecule has 0 amide bonds. The van der Waals surface area contributed by atoms with Crippen LogP contribution in [0.1, 0.15) is 25.3 Å². The molecule has 1 aromatic rings. The fraction of sp³-hybridized carbons (Fsp3) is 0.364. The molecule has 1 fully saturated rings. The molecule has 0 spiro atoms. The summed E-state index contributed by atoms with van der Waals surface area (Å²) in [6.07, 6.45) is 2.51. The van der Waals surface area contributed by atoms with Crippen LogP contribution in [0.4, 0.5) is 0 Å². The van der Waals surface area contributed by atoms with E-state index in [0.29, 0.717) is 5.41 Å². The van der Waals surface area contributed by atoms with Crippen molar-refractivity contribution in [2.45, 2.75) is 25.2 Å². The highest BCUT2D eigenvalue weighted by Gasteiger charge is 2.38. The van der Waals surface area contributed by atoms with Crippen molar-refractivity contribution in [1.82, 2.24) is 0 Å². The molecule has 0 aliphatic heterocycles. The summed E-state index contributed by atoms with van der Waals surface area (Å²) in [6, 6.07) is 9.11. The lowest BCUT2D eigenvalue weighted by atomic mass is 10.0. The first-order valence-electron chi connectivity index (χ1n) is 4.32. The molecular weight excluding hydrogens is 148 g/mol. The highest BCUT2D eigenvalue weighted by molar-refractivity contribution is 5.28. The van der Waals surface area contributed by atoms with Gasteiger partial charge < -0.3 is 0 Å². The van der Waals surface area contributed by atoms with Crippen molar-refractivity contribution >= 4 is 0 Å². The average Bonchev–Trinajstić information content (AvgIpc) is 2.77. The van der Waals surface area contributed by atoms with E-state index >= 15 is 0 Å². The summed E-state index contributed by atoms with van der Waals surface area (Å²) in [5.74, 6) is 0. The zero-order valence-corrected chi connectivity index (χ0v) is 7.21. The summed E-state index contributed by atoms with van der Waals surface area (Å²) >= 11 is 0. The second-order valence-corrected chi connectivity index (χ2v) is 3.78. The van der Waals surface area contributed by atoms with E-state index in [1.807, 2.05) is 12.1 Å². The lowest BCUT2D eigenvalue weighted by Crippen LogP contribution is -1.97. The molecule has 1 aromatic carbocycles. The first-order valence-corrected chi connectivity index (χ1v) is 4.32. The van der Waals surface area contributed by atoms with Gasteiger partial charge in [-0.1, -0.05) is 25.1 Å². The van der Waals surface area contributed by atoms with Gasteiger partial charge in [-0.25, -0.2) is 0 Å². The quantitative estimate of drug-likeness (QED) is 0.614. The standard InChI is InChI=1S/C11H12O/c1-11(7-8-11)9-3-2-4-10(12)6-5-9/h2-6H,7-8H2,1H3. The third-order valence-electron chi connectivity index (χ3n) is 2.66. The minimum absolute atomic E-state index is 0.0884. The van der Waals surface area contributed by atoms with Gasteiger partial charge in [-0.05, 0) is 36.0 Å². The predicted octanol–water partition coefficient (Wildman–Crippen LogP) is 2.10. The van der Waals surface area contributed by atoms with Crippen LogP contribution in [0.25, 0.3) is 0 Å². The topological polar surface area (TPSA) is 17.1 Å². The monoisotopic (exact) mass is 160 g/mol.